The summed E-state index contributed by atoms with van der Waals surface area (Å²) in [6.07, 6.45) is -0.211. The maximum Gasteiger partial charge on any atom is 0.408 e. The number of benzene rings is 1. The van der Waals surface area contributed by atoms with E-state index in [1.54, 1.807) is 19.1 Å². The van der Waals surface area contributed by atoms with Gasteiger partial charge >= 0.3 is 12.1 Å². The van der Waals surface area contributed by atoms with Crippen molar-refractivity contribution in [3.63, 3.8) is 0 Å². The molecule has 3 N–H and O–H groups in total. The van der Waals surface area contributed by atoms with Crippen LogP contribution in [0.1, 0.15) is 25.8 Å². The number of ether oxygens (including phenoxy) is 2. The first-order valence-electron chi connectivity index (χ1n) is 8.39. The maximum atomic E-state index is 12.3. The molecule has 0 radical (unpaired) electrons. The third-order valence-electron chi connectivity index (χ3n) is 3.97. The Balaban J connectivity index is 2.60. The van der Waals surface area contributed by atoms with E-state index in [2.05, 4.69) is 10.6 Å². The van der Waals surface area contributed by atoms with Crippen LogP contribution >= 0.6 is 0 Å². The van der Waals surface area contributed by atoms with Crippen LogP contribution in [0.15, 0.2) is 30.3 Å². The molecule has 0 unspecified atom stereocenters. The Kier molecular flexibility index (Phi) is 9.14. The Labute approximate surface area is 152 Å². The number of esters is 1. The van der Waals surface area contributed by atoms with Gasteiger partial charge in [0.25, 0.3) is 0 Å². The van der Waals surface area contributed by atoms with E-state index in [1.807, 2.05) is 25.1 Å². The number of hydrogen-bond acceptors (Lipinski definition) is 6. The molecule has 1 aromatic carbocycles. The fourth-order valence-corrected chi connectivity index (χ4v) is 2.15. The molecule has 8 heteroatoms. The summed E-state index contributed by atoms with van der Waals surface area (Å²) in [6.45, 7) is 3.05. The monoisotopic (exact) mass is 366 g/mol. The summed E-state index contributed by atoms with van der Waals surface area (Å²) in [6, 6.07) is 6.92. The van der Waals surface area contributed by atoms with Gasteiger partial charge in [-0.15, -0.1) is 0 Å². The van der Waals surface area contributed by atoms with Gasteiger partial charge in [-0.3, -0.25) is 4.79 Å². The van der Waals surface area contributed by atoms with Gasteiger partial charge in [-0.1, -0.05) is 50.6 Å². The van der Waals surface area contributed by atoms with Gasteiger partial charge < -0.3 is 25.2 Å². The smallest absolute Gasteiger partial charge is 0.408 e. The summed E-state index contributed by atoms with van der Waals surface area (Å²) in [5, 5.41) is 14.2. The molecule has 0 heterocycles. The summed E-state index contributed by atoms with van der Waals surface area (Å²) in [4.78, 5) is 36.0. The second-order valence-corrected chi connectivity index (χ2v) is 5.84. The summed E-state index contributed by atoms with van der Waals surface area (Å²) in [7, 11) is 1.23. The largest absolute Gasteiger partial charge is 0.467 e. The molecular weight excluding hydrogens is 340 g/mol. The molecule has 8 nitrogen and oxygen atoms in total. The summed E-state index contributed by atoms with van der Waals surface area (Å²) in [5.41, 5.74) is 0.787. The average Bonchev–Trinajstić information content (AvgIpc) is 2.67. The van der Waals surface area contributed by atoms with Crippen molar-refractivity contribution in [3.05, 3.63) is 35.9 Å². The van der Waals surface area contributed by atoms with Crippen LogP contribution in [0.3, 0.4) is 0 Å². The van der Waals surface area contributed by atoms with Gasteiger partial charge in [0.05, 0.1) is 13.7 Å². The molecule has 0 aliphatic carbocycles. The number of aliphatic hydroxyl groups excluding tert-OH is 1. The number of methoxy groups -OCH3 is 1. The van der Waals surface area contributed by atoms with Crippen molar-refractivity contribution >= 4 is 18.0 Å². The second kappa shape index (κ2) is 11.1. The minimum absolute atomic E-state index is 0.0318. The van der Waals surface area contributed by atoms with Crippen LogP contribution in [0.25, 0.3) is 0 Å². The van der Waals surface area contributed by atoms with Crippen LogP contribution in [0.4, 0.5) is 4.79 Å². The number of nitrogens with one attached hydrogen (secondary N) is 2. The van der Waals surface area contributed by atoms with E-state index in [0.717, 1.165) is 5.56 Å². The summed E-state index contributed by atoms with van der Waals surface area (Å²) >= 11 is 0. The molecule has 1 rings (SSSR count). The highest BCUT2D eigenvalue weighted by atomic mass is 16.5. The number of carbonyl (C=O) groups is 3. The molecule has 0 spiro atoms. The molecule has 1 aromatic rings. The lowest BCUT2D eigenvalue weighted by molar-refractivity contribution is -0.147. The van der Waals surface area contributed by atoms with Crippen molar-refractivity contribution in [1.82, 2.24) is 10.6 Å². The highest BCUT2D eigenvalue weighted by Gasteiger charge is 2.30. The summed E-state index contributed by atoms with van der Waals surface area (Å²) in [5.74, 6) is -1.45. The van der Waals surface area contributed by atoms with Crippen molar-refractivity contribution in [2.24, 2.45) is 5.92 Å². The quantitative estimate of drug-likeness (QED) is 0.561. The zero-order valence-electron chi connectivity index (χ0n) is 15.2. The SMILES string of the molecule is CC[C@@H](C)[C@H](NC(=O)[C@H](CO)NC(=O)OCc1ccccc1)C(=O)OC. The van der Waals surface area contributed by atoms with E-state index < -0.39 is 36.7 Å². The first kappa shape index (κ1) is 21.4. The third kappa shape index (κ3) is 6.72. The van der Waals surface area contributed by atoms with Crippen molar-refractivity contribution in [2.75, 3.05) is 13.7 Å². The van der Waals surface area contributed by atoms with Gasteiger partial charge in [0.2, 0.25) is 5.91 Å². The Morgan fingerprint density at radius 3 is 2.35 bits per heavy atom. The lowest BCUT2D eigenvalue weighted by Crippen LogP contribution is -2.55. The van der Waals surface area contributed by atoms with Crippen molar-refractivity contribution in [2.45, 2.75) is 39.0 Å². The standard InChI is InChI=1S/C18H26N2O6/c1-4-12(2)15(17(23)25-3)20-16(22)14(10-21)19-18(24)26-11-13-8-6-5-7-9-13/h5-9,12,14-15,21H,4,10-11H2,1-3H3,(H,19,24)(H,20,22)/t12-,14+,15+/m1/s1. The number of hydrogen-bond donors (Lipinski definition) is 3. The fourth-order valence-electron chi connectivity index (χ4n) is 2.15. The molecule has 2 amide bonds. The van der Waals surface area contributed by atoms with Crippen LogP contribution in [0, 0.1) is 5.92 Å². The summed E-state index contributed by atoms with van der Waals surface area (Å²) < 4.78 is 9.71. The molecule has 0 bridgehead atoms. The van der Waals surface area contributed by atoms with Crippen LogP contribution < -0.4 is 10.6 Å². The van der Waals surface area contributed by atoms with E-state index in [1.165, 1.54) is 7.11 Å². The predicted octanol–water partition coefficient (Wildman–Crippen LogP) is 0.978. The minimum Gasteiger partial charge on any atom is -0.467 e. The maximum absolute atomic E-state index is 12.3. The highest BCUT2D eigenvalue weighted by molar-refractivity contribution is 5.89. The van der Waals surface area contributed by atoms with Gasteiger partial charge in [-0.25, -0.2) is 9.59 Å². The molecular formula is C18H26N2O6. The van der Waals surface area contributed by atoms with Gasteiger partial charge in [-0.05, 0) is 11.5 Å². The van der Waals surface area contributed by atoms with Gasteiger partial charge in [0, 0.05) is 0 Å². The van der Waals surface area contributed by atoms with Crippen molar-refractivity contribution in [3.8, 4) is 0 Å². The van der Waals surface area contributed by atoms with E-state index in [4.69, 9.17) is 9.47 Å². The molecule has 0 aromatic heterocycles. The fraction of sp³-hybridized carbons (Fsp3) is 0.500. The normalized spacial score (nSPS) is 13.8. The van der Waals surface area contributed by atoms with Crippen LogP contribution in [-0.4, -0.2) is 48.9 Å². The van der Waals surface area contributed by atoms with Crippen molar-refractivity contribution in [1.29, 1.82) is 0 Å². The first-order valence-corrected chi connectivity index (χ1v) is 8.39. The number of aliphatic hydroxyl groups is 1. The molecule has 0 fully saturated rings. The van der Waals surface area contributed by atoms with Gasteiger partial charge in [-0.2, -0.15) is 0 Å². The molecule has 0 aliphatic heterocycles. The average molecular weight is 366 g/mol. The van der Waals surface area contributed by atoms with E-state index in [-0.39, 0.29) is 12.5 Å². The van der Waals surface area contributed by atoms with Crippen LogP contribution in [-0.2, 0) is 25.7 Å². The molecule has 0 aliphatic rings. The lowest BCUT2D eigenvalue weighted by atomic mass is 9.99. The number of rotatable bonds is 9. The van der Waals surface area contributed by atoms with Crippen LogP contribution in [0.5, 0.6) is 0 Å². The van der Waals surface area contributed by atoms with Gasteiger partial charge in [0.1, 0.15) is 18.7 Å². The van der Waals surface area contributed by atoms with E-state index in [9.17, 15) is 19.5 Å². The minimum atomic E-state index is -1.24. The number of alkyl carbamates (subject to hydrolysis) is 1. The molecule has 144 valence electrons. The molecule has 3 atom stereocenters. The second-order valence-electron chi connectivity index (χ2n) is 5.84. The zero-order valence-corrected chi connectivity index (χ0v) is 15.2. The topological polar surface area (TPSA) is 114 Å². The zero-order chi connectivity index (χ0) is 19.5. The van der Waals surface area contributed by atoms with Crippen molar-refractivity contribution < 1.29 is 29.0 Å². The Morgan fingerprint density at radius 2 is 1.81 bits per heavy atom. The highest BCUT2D eigenvalue weighted by Crippen LogP contribution is 2.09. The Bertz CT molecular complexity index is 593. The first-order chi connectivity index (χ1) is 12.4. The number of carbonyl (C=O) groups excluding carboxylic acids is 3. The van der Waals surface area contributed by atoms with E-state index >= 15 is 0 Å². The Hall–Kier alpha value is -2.61. The van der Waals surface area contributed by atoms with E-state index in [0.29, 0.717) is 6.42 Å². The third-order valence-corrected chi connectivity index (χ3v) is 3.97. The Morgan fingerprint density at radius 1 is 1.15 bits per heavy atom. The van der Waals surface area contributed by atoms with Crippen LogP contribution in [0.2, 0.25) is 0 Å². The molecule has 0 saturated carbocycles. The lowest BCUT2D eigenvalue weighted by Gasteiger charge is -2.24. The molecule has 0 saturated heterocycles. The molecule has 26 heavy (non-hydrogen) atoms. The predicted molar refractivity (Wildman–Crippen MR) is 94.0 cm³/mol. The number of amides is 2. The van der Waals surface area contributed by atoms with Gasteiger partial charge in [0.15, 0.2) is 0 Å².